The topological polar surface area (TPSA) is 79.1 Å². The van der Waals surface area contributed by atoms with Crippen LogP contribution in [0.3, 0.4) is 0 Å². The molecule has 2 N–H and O–H groups in total. The lowest BCUT2D eigenvalue weighted by Gasteiger charge is -2.32. The smallest absolute Gasteiger partial charge is 0.409 e. The standard InChI is InChI=1S/C23H32N4O3/c1-3-29-23(28)27-14-11-20(12-15-27)26-22(24-13-10-21-9-6-16-30-21)25-17-19-8-5-4-7-18(19)2/h4-9,16,20H,3,10-15,17H2,1-2H3,(H2,24,25,26). The number of piperidine rings is 1. The Morgan fingerprint density at radius 1 is 1.23 bits per heavy atom. The van der Waals surface area contributed by atoms with E-state index in [0.717, 1.165) is 37.5 Å². The fourth-order valence-corrected chi connectivity index (χ4v) is 3.48. The van der Waals surface area contributed by atoms with Crippen LogP contribution in [0.4, 0.5) is 4.79 Å². The molecule has 1 aromatic carbocycles. The van der Waals surface area contributed by atoms with E-state index in [1.807, 2.05) is 31.2 Å². The quantitative estimate of drug-likeness (QED) is 0.538. The number of aliphatic imine (C=N–C) groups is 1. The molecule has 0 unspecified atom stereocenters. The summed E-state index contributed by atoms with van der Waals surface area (Å²) in [4.78, 5) is 18.5. The van der Waals surface area contributed by atoms with Crippen LogP contribution in [-0.2, 0) is 17.7 Å². The molecule has 0 bridgehead atoms. The molecule has 1 fully saturated rings. The van der Waals surface area contributed by atoms with Crippen molar-refractivity contribution in [3.8, 4) is 0 Å². The Morgan fingerprint density at radius 2 is 2.03 bits per heavy atom. The third kappa shape index (κ3) is 6.54. The van der Waals surface area contributed by atoms with Gasteiger partial charge in [0, 0.05) is 32.1 Å². The summed E-state index contributed by atoms with van der Waals surface area (Å²) in [6, 6.07) is 12.4. The molecule has 0 aliphatic carbocycles. The van der Waals surface area contributed by atoms with E-state index in [9.17, 15) is 4.79 Å². The van der Waals surface area contributed by atoms with E-state index in [-0.39, 0.29) is 12.1 Å². The number of nitrogens with zero attached hydrogens (tertiary/aromatic N) is 2. The Hall–Kier alpha value is -2.96. The summed E-state index contributed by atoms with van der Waals surface area (Å²) in [5, 5.41) is 6.97. The van der Waals surface area contributed by atoms with Gasteiger partial charge in [0.15, 0.2) is 5.96 Å². The summed E-state index contributed by atoms with van der Waals surface area (Å²) >= 11 is 0. The number of hydrogen-bond acceptors (Lipinski definition) is 4. The number of aryl methyl sites for hydroxylation is 1. The van der Waals surface area contributed by atoms with Gasteiger partial charge in [-0.05, 0) is 49.9 Å². The molecular formula is C23H32N4O3. The van der Waals surface area contributed by atoms with Gasteiger partial charge in [-0.25, -0.2) is 9.79 Å². The lowest BCUT2D eigenvalue weighted by molar-refractivity contribution is 0.0963. The highest BCUT2D eigenvalue weighted by molar-refractivity contribution is 5.80. The van der Waals surface area contributed by atoms with Gasteiger partial charge in [-0.2, -0.15) is 0 Å². The molecule has 2 heterocycles. The van der Waals surface area contributed by atoms with Gasteiger partial charge in [-0.15, -0.1) is 0 Å². The molecule has 0 atom stereocenters. The zero-order chi connectivity index (χ0) is 21.2. The van der Waals surface area contributed by atoms with Gasteiger partial charge in [-0.1, -0.05) is 24.3 Å². The van der Waals surface area contributed by atoms with Crippen LogP contribution in [0, 0.1) is 6.92 Å². The maximum Gasteiger partial charge on any atom is 0.409 e. The normalized spacial score (nSPS) is 15.1. The van der Waals surface area contributed by atoms with Crippen LogP contribution in [0.2, 0.25) is 0 Å². The molecule has 3 rings (SSSR count). The monoisotopic (exact) mass is 412 g/mol. The van der Waals surface area contributed by atoms with Crippen molar-refractivity contribution in [2.24, 2.45) is 4.99 Å². The number of ether oxygens (including phenoxy) is 1. The van der Waals surface area contributed by atoms with E-state index < -0.39 is 0 Å². The first kappa shape index (κ1) is 21.7. The number of carbonyl (C=O) groups excluding carboxylic acids is 1. The van der Waals surface area contributed by atoms with Crippen LogP contribution in [0.1, 0.15) is 36.7 Å². The van der Waals surface area contributed by atoms with Crippen LogP contribution in [0.25, 0.3) is 0 Å². The van der Waals surface area contributed by atoms with Crippen molar-refractivity contribution in [2.75, 3.05) is 26.2 Å². The van der Waals surface area contributed by atoms with Gasteiger partial charge in [0.05, 0.1) is 19.4 Å². The van der Waals surface area contributed by atoms with E-state index in [0.29, 0.717) is 26.2 Å². The van der Waals surface area contributed by atoms with Gasteiger partial charge < -0.3 is 24.7 Å². The first-order valence-corrected chi connectivity index (χ1v) is 10.7. The number of hydrogen-bond donors (Lipinski definition) is 2. The van der Waals surface area contributed by atoms with E-state index in [2.05, 4.69) is 29.7 Å². The second-order valence-corrected chi connectivity index (χ2v) is 7.45. The predicted molar refractivity (Wildman–Crippen MR) is 117 cm³/mol. The molecule has 162 valence electrons. The van der Waals surface area contributed by atoms with Crippen molar-refractivity contribution in [1.82, 2.24) is 15.5 Å². The second kappa shape index (κ2) is 11.3. The number of likely N-dealkylation sites (tertiary alicyclic amines) is 1. The van der Waals surface area contributed by atoms with E-state index in [1.165, 1.54) is 11.1 Å². The fourth-order valence-electron chi connectivity index (χ4n) is 3.48. The molecule has 7 nitrogen and oxygen atoms in total. The SMILES string of the molecule is CCOC(=O)N1CCC(NC(=NCc2ccccc2C)NCCc2ccco2)CC1. The summed E-state index contributed by atoms with van der Waals surface area (Å²) in [5.74, 6) is 1.74. The number of benzene rings is 1. The van der Waals surface area contributed by atoms with Crippen LogP contribution < -0.4 is 10.6 Å². The third-order valence-corrected chi connectivity index (χ3v) is 5.27. The largest absolute Gasteiger partial charge is 0.469 e. The molecule has 1 amide bonds. The molecule has 1 aromatic heterocycles. The predicted octanol–water partition coefficient (Wildman–Crippen LogP) is 3.49. The number of rotatable bonds is 7. The van der Waals surface area contributed by atoms with Gasteiger partial charge >= 0.3 is 6.09 Å². The van der Waals surface area contributed by atoms with Crippen molar-refractivity contribution in [2.45, 2.75) is 45.7 Å². The van der Waals surface area contributed by atoms with Gasteiger partial charge in [0.25, 0.3) is 0 Å². The Labute approximate surface area is 178 Å². The second-order valence-electron chi connectivity index (χ2n) is 7.45. The van der Waals surface area contributed by atoms with Gasteiger partial charge in [0.1, 0.15) is 5.76 Å². The summed E-state index contributed by atoms with van der Waals surface area (Å²) in [5.41, 5.74) is 2.45. The fraction of sp³-hybridized carbons (Fsp3) is 0.478. The minimum absolute atomic E-state index is 0.221. The van der Waals surface area contributed by atoms with Gasteiger partial charge in [0.2, 0.25) is 0 Å². The Kier molecular flexibility index (Phi) is 8.18. The molecule has 30 heavy (non-hydrogen) atoms. The summed E-state index contributed by atoms with van der Waals surface area (Å²) < 4.78 is 10.5. The zero-order valence-electron chi connectivity index (χ0n) is 17.9. The van der Waals surface area contributed by atoms with E-state index in [4.69, 9.17) is 14.1 Å². The Bertz CT molecular complexity index is 812. The molecule has 0 radical (unpaired) electrons. The summed E-state index contributed by atoms with van der Waals surface area (Å²) in [6.07, 6.45) is 3.99. The van der Waals surface area contributed by atoms with E-state index in [1.54, 1.807) is 11.2 Å². The first-order chi connectivity index (χ1) is 14.7. The minimum atomic E-state index is -0.221. The maximum atomic E-state index is 11.9. The highest BCUT2D eigenvalue weighted by atomic mass is 16.6. The van der Waals surface area contributed by atoms with Crippen molar-refractivity contribution in [3.05, 3.63) is 59.5 Å². The minimum Gasteiger partial charge on any atom is -0.469 e. The van der Waals surface area contributed by atoms with Crippen LogP contribution >= 0.6 is 0 Å². The lowest BCUT2D eigenvalue weighted by Crippen LogP contribution is -2.50. The molecular weight excluding hydrogens is 380 g/mol. The number of nitrogens with one attached hydrogen (secondary N) is 2. The van der Waals surface area contributed by atoms with E-state index >= 15 is 0 Å². The lowest BCUT2D eigenvalue weighted by atomic mass is 10.1. The number of furan rings is 1. The van der Waals surface area contributed by atoms with Gasteiger partial charge in [-0.3, -0.25) is 0 Å². The van der Waals surface area contributed by atoms with Crippen LogP contribution in [0.15, 0.2) is 52.1 Å². The average molecular weight is 413 g/mol. The third-order valence-electron chi connectivity index (χ3n) is 5.27. The highest BCUT2D eigenvalue weighted by Gasteiger charge is 2.24. The average Bonchev–Trinajstić information content (AvgIpc) is 3.27. The van der Waals surface area contributed by atoms with Crippen molar-refractivity contribution in [1.29, 1.82) is 0 Å². The molecule has 0 saturated carbocycles. The highest BCUT2D eigenvalue weighted by Crippen LogP contribution is 2.12. The Balaban J connectivity index is 1.57. The zero-order valence-corrected chi connectivity index (χ0v) is 17.9. The van der Waals surface area contributed by atoms with Crippen molar-refractivity contribution in [3.63, 3.8) is 0 Å². The molecule has 1 aliphatic rings. The van der Waals surface area contributed by atoms with Crippen LogP contribution in [0.5, 0.6) is 0 Å². The molecule has 0 spiro atoms. The molecule has 1 saturated heterocycles. The van der Waals surface area contributed by atoms with Crippen molar-refractivity contribution < 1.29 is 13.9 Å². The molecule has 7 heteroatoms. The summed E-state index contributed by atoms with van der Waals surface area (Å²) in [6.45, 7) is 7.07. The molecule has 2 aromatic rings. The maximum absolute atomic E-state index is 11.9. The number of carbonyl (C=O) groups is 1. The molecule has 1 aliphatic heterocycles. The Morgan fingerprint density at radius 3 is 2.73 bits per heavy atom. The number of amides is 1. The number of guanidine groups is 1. The van der Waals surface area contributed by atoms with Crippen LogP contribution in [-0.4, -0.2) is 49.2 Å². The summed E-state index contributed by atoms with van der Waals surface area (Å²) in [7, 11) is 0. The van der Waals surface area contributed by atoms with Crippen molar-refractivity contribution >= 4 is 12.1 Å². The first-order valence-electron chi connectivity index (χ1n) is 10.7.